The Morgan fingerprint density at radius 1 is 1.16 bits per heavy atom. The van der Waals surface area contributed by atoms with E-state index in [2.05, 4.69) is 4.98 Å². The molecule has 0 fully saturated rings. The van der Waals surface area contributed by atoms with Gasteiger partial charge in [-0.05, 0) is 30.2 Å². The Morgan fingerprint density at radius 3 is 2.66 bits per heavy atom. The molecule has 1 aliphatic heterocycles. The summed E-state index contributed by atoms with van der Waals surface area (Å²) >= 11 is 0. The number of para-hydroxylation sites is 1. The Bertz CT molecular complexity index is 1180. The van der Waals surface area contributed by atoms with Crippen LogP contribution >= 0.6 is 0 Å². The van der Waals surface area contributed by atoms with E-state index in [1.165, 1.54) is 0 Å². The third kappa shape index (κ3) is 3.97. The van der Waals surface area contributed by atoms with Gasteiger partial charge in [0.2, 0.25) is 0 Å². The number of amides is 1. The van der Waals surface area contributed by atoms with Gasteiger partial charge in [-0.3, -0.25) is 20.9 Å². The lowest BCUT2D eigenvalue weighted by Crippen LogP contribution is -2.24. The van der Waals surface area contributed by atoms with Gasteiger partial charge in [0, 0.05) is 34.1 Å². The fourth-order valence-electron chi connectivity index (χ4n) is 3.85. The van der Waals surface area contributed by atoms with Crippen molar-refractivity contribution in [2.75, 3.05) is 4.90 Å². The minimum Gasteiger partial charge on any atom is -0.454 e. The number of rotatable bonds is 6. The van der Waals surface area contributed by atoms with Gasteiger partial charge in [-0.15, -0.1) is 0 Å². The number of nitrogens with two attached hydrogens (primary N) is 1. The van der Waals surface area contributed by atoms with E-state index in [1.54, 1.807) is 29.3 Å². The van der Waals surface area contributed by atoms with Crippen LogP contribution in [0.4, 0.5) is 14.5 Å². The number of fused-ring (bicyclic) bond motifs is 1. The number of pyridine rings is 1. The highest BCUT2D eigenvalue weighted by Crippen LogP contribution is 2.37. The van der Waals surface area contributed by atoms with E-state index >= 15 is 0 Å². The standard InChI is InChI=1S/C24H22F2N4O2/c1-2-19-16(7-5-11-29-19)17-6-3-4-8-20(17)30-13-15-10-9-14(12-18(15)24(30)31)22(27)32-23(28)21(25)26/h3-12,21-22,28H,2,13,27H2,1H3. The highest BCUT2D eigenvalue weighted by atomic mass is 19.3. The van der Waals surface area contributed by atoms with Gasteiger partial charge in [-0.1, -0.05) is 43.3 Å². The van der Waals surface area contributed by atoms with Crippen LogP contribution in [0.5, 0.6) is 0 Å². The lowest BCUT2D eigenvalue weighted by Gasteiger charge is -2.21. The van der Waals surface area contributed by atoms with Gasteiger partial charge in [0.15, 0.2) is 6.23 Å². The van der Waals surface area contributed by atoms with Crippen molar-refractivity contribution in [3.8, 4) is 11.1 Å². The number of aryl methyl sites for hydroxylation is 1. The van der Waals surface area contributed by atoms with E-state index in [0.717, 1.165) is 34.5 Å². The second-order valence-electron chi connectivity index (χ2n) is 7.38. The van der Waals surface area contributed by atoms with Crippen LogP contribution in [-0.2, 0) is 17.7 Å². The van der Waals surface area contributed by atoms with Crippen molar-refractivity contribution in [2.45, 2.75) is 32.5 Å². The highest BCUT2D eigenvalue weighted by molar-refractivity contribution is 6.11. The SMILES string of the molecule is CCc1ncccc1-c1ccccc1N1Cc2ccc(C(N)OC(=N)C(F)F)cc2C1=O. The Balaban J connectivity index is 1.66. The van der Waals surface area contributed by atoms with Crippen molar-refractivity contribution >= 4 is 17.5 Å². The molecule has 32 heavy (non-hydrogen) atoms. The second kappa shape index (κ2) is 8.84. The predicted molar refractivity (Wildman–Crippen MR) is 118 cm³/mol. The molecular weight excluding hydrogens is 414 g/mol. The summed E-state index contributed by atoms with van der Waals surface area (Å²) in [5.41, 5.74) is 11.0. The third-order valence-electron chi connectivity index (χ3n) is 5.43. The lowest BCUT2D eigenvalue weighted by atomic mass is 10.00. The molecule has 0 spiro atoms. The van der Waals surface area contributed by atoms with Crippen LogP contribution in [0.2, 0.25) is 0 Å². The van der Waals surface area contributed by atoms with Crippen LogP contribution in [-0.4, -0.2) is 23.2 Å². The van der Waals surface area contributed by atoms with Gasteiger partial charge in [0.25, 0.3) is 11.8 Å². The number of halogens is 2. The van der Waals surface area contributed by atoms with Crippen molar-refractivity contribution in [1.82, 2.24) is 4.98 Å². The lowest BCUT2D eigenvalue weighted by molar-refractivity contribution is 0.0996. The van der Waals surface area contributed by atoms with Crippen molar-refractivity contribution in [1.29, 1.82) is 5.41 Å². The first-order valence-corrected chi connectivity index (χ1v) is 10.2. The topological polar surface area (TPSA) is 92.3 Å². The normalized spacial score (nSPS) is 13.9. The molecule has 4 rings (SSSR count). The van der Waals surface area contributed by atoms with Gasteiger partial charge < -0.3 is 9.64 Å². The second-order valence-corrected chi connectivity index (χ2v) is 7.38. The Labute approximate surface area is 184 Å². The molecule has 1 aliphatic rings. The molecule has 3 N–H and O–H groups in total. The Hall–Kier alpha value is -3.65. The molecule has 1 amide bonds. The summed E-state index contributed by atoms with van der Waals surface area (Å²) in [7, 11) is 0. The summed E-state index contributed by atoms with van der Waals surface area (Å²) in [4.78, 5) is 19.5. The molecule has 6 nitrogen and oxygen atoms in total. The van der Waals surface area contributed by atoms with Crippen molar-refractivity contribution in [3.63, 3.8) is 0 Å². The van der Waals surface area contributed by atoms with E-state index in [-0.39, 0.29) is 5.91 Å². The number of nitrogens with one attached hydrogen (secondary N) is 1. The summed E-state index contributed by atoms with van der Waals surface area (Å²) in [5.74, 6) is -1.42. The molecular formula is C24H22F2N4O2. The van der Waals surface area contributed by atoms with Gasteiger partial charge in [-0.25, -0.2) is 0 Å². The van der Waals surface area contributed by atoms with Crippen LogP contribution in [0.25, 0.3) is 11.1 Å². The van der Waals surface area contributed by atoms with Crippen LogP contribution < -0.4 is 10.6 Å². The third-order valence-corrected chi connectivity index (χ3v) is 5.43. The van der Waals surface area contributed by atoms with Crippen LogP contribution in [0.1, 0.15) is 40.3 Å². The van der Waals surface area contributed by atoms with E-state index in [4.69, 9.17) is 15.9 Å². The monoisotopic (exact) mass is 436 g/mol. The number of hydrogen-bond donors (Lipinski definition) is 2. The van der Waals surface area contributed by atoms with Crippen LogP contribution in [0.15, 0.2) is 60.8 Å². The fraction of sp³-hybridized carbons (Fsp3) is 0.208. The number of ether oxygens (including phenoxy) is 1. The largest absolute Gasteiger partial charge is 0.454 e. The van der Waals surface area contributed by atoms with Gasteiger partial charge in [0.05, 0.1) is 12.2 Å². The minimum absolute atomic E-state index is 0.215. The molecule has 2 heterocycles. The smallest absolute Gasteiger partial charge is 0.312 e. The van der Waals surface area contributed by atoms with Crippen molar-refractivity contribution < 1.29 is 18.3 Å². The number of anilines is 1. The Kier molecular flexibility index (Phi) is 5.96. The zero-order valence-corrected chi connectivity index (χ0v) is 17.4. The molecule has 0 saturated carbocycles. The molecule has 164 valence electrons. The molecule has 2 aromatic carbocycles. The fourth-order valence-corrected chi connectivity index (χ4v) is 3.85. The summed E-state index contributed by atoms with van der Waals surface area (Å²) in [5, 5.41) is 7.17. The van der Waals surface area contributed by atoms with E-state index in [0.29, 0.717) is 17.7 Å². The minimum atomic E-state index is -3.05. The number of aromatic nitrogens is 1. The predicted octanol–water partition coefficient (Wildman–Crippen LogP) is 4.69. The summed E-state index contributed by atoms with van der Waals surface area (Å²) < 4.78 is 30.0. The average molecular weight is 436 g/mol. The van der Waals surface area contributed by atoms with E-state index in [1.807, 2.05) is 43.3 Å². The molecule has 0 radical (unpaired) electrons. The zero-order valence-electron chi connectivity index (χ0n) is 17.4. The first-order valence-electron chi connectivity index (χ1n) is 10.2. The molecule has 1 atom stereocenters. The molecule has 3 aromatic rings. The molecule has 0 bridgehead atoms. The molecule has 8 heteroatoms. The number of hydrogen-bond acceptors (Lipinski definition) is 5. The summed E-state index contributed by atoms with van der Waals surface area (Å²) in [6, 6.07) is 16.4. The maximum absolute atomic E-state index is 13.3. The number of carbonyl (C=O) groups is 1. The number of alkyl halides is 2. The summed E-state index contributed by atoms with van der Waals surface area (Å²) in [6.07, 6.45) is -1.81. The first kappa shape index (κ1) is 21.6. The van der Waals surface area contributed by atoms with Crippen molar-refractivity contribution in [3.05, 3.63) is 83.2 Å². The van der Waals surface area contributed by atoms with Crippen LogP contribution in [0, 0.1) is 5.41 Å². The van der Waals surface area contributed by atoms with Crippen molar-refractivity contribution in [2.24, 2.45) is 5.73 Å². The van der Waals surface area contributed by atoms with E-state index < -0.39 is 18.6 Å². The first-order chi connectivity index (χ1) is 15.4. The van der Waals surface area contributed by atoms with E-state index in [9.17, 15) is 13.6 Å². The number of benzene rings is 2. The molecule has 1 aromatic heterocycles. The zero-order chi connectivity index (χ0) is 22.8. The maximum Gasteiger partial charge on any atom is 0.312 e. The average Bonchev–Trinajstić information content (AvgIpc) is 3.14. The molecule has 0 aliphatic carbocycles. The van der Waals surface area contributed by atoms with Crippen LogP contribution in [0.3, 0.4) is 0 Å². The quantitative estimate of drug-likeness (QED) is 0.333. The molecule has 1 unspecified atom stereocenters. The Morgan fingerprint density at radius 2 is 1.91 bits per heavy atom. The maximum atomic E-state index is 13.3. The number of nitrogens with zero attached hydrogens (tertiary/aromatic N) is 2. The van der Waals surface area contributed by atoms with Gasteiger partial charge >= 0.3 is 6.43 Å². The van der Waals surface area contributed by atoms with Gasteiger partial charge in [-0.2, -0.15) is 8.78 Å². The summed E-state index contributed by atoms with van der Waals surface area (Å²) in [6.45, 7) is 2.40. The van der Waals surface area contributed by atoms with Gasteiger partial charge in [0.1, 0.15) is 0 Å². The molecule has 0 saturated heterocycles. The number of carbonyl (C=O) groups excluding carboxylic acids is 1. The highest BCUT2D eigenvalue weighted by Gasteiger charge is 2.31.